The van der Waals surface area contributed by atoms with Gasteiger partial charge in [0, 0.05) is 16.5 Å². The Hall–Kier alpha value is -2.21. The van der Waals surface area contributed by atoms with Crippen LogP contribution in [0.25, 0.3) is 10.8 Å². The number of anilines is 1. The van der Waals surface area contributed by atoms with Gasteiger partial charge < -0.3 is 10.4 Å². The third kappa shape index (κ3) is 5.95. The first kappa shape index (κ1) is 20.1. The molecule has 2 atom stereocenters. The van der Waals surface area contributed by atoms with Crippen LogP contribution >= 0.6 is 0 Å². The molecule has 2 aromatic carbocycles. The van der Waals surface area contributed by atoms with Gasteiger partial charge >= 0.3 is 5.97 Å². The topological polar surface area (TPSA) is 83.5 Å². The van der Waals surface area contributed by atoms with E-state index in [9.17, 15) is 18.9 Å². The Morgan fingerprint density at radius 1 is 1.08 bits per heavy atom. The number of hydrogen-bond acceptors (Lipinski definition) is 3. The maximum Gasteiger partial charge on any atom is 0.319 e. The SMILES string of the molecule is CCCCCCC(C(=O)O)S(=O)CC(=O)Nc1ccc2ccccc2c1. The van der Waals surface area contributed by atoms with Crippen LogP contribution < -0.4 is 5.32 Å². The summed E-state index contributed by atoms with van der Waals surface area (Å²) in [6.07, 6.45) is 4.05. The summed E-state index contributed by atoms with van der Waals surface area (Å²) in [6, 6.07) is 13.3. The van der Waals surface area contributed by atoms with E-state index in [0.29, 0.717) is 18.5 Å². The normalized spacial score (nSPS) is 13.3. The first-order chi connectivity index (χ1) is 12.5. The van der Waals surface area contributed by atoms with E-state index < -0.39 is 27.9 Å². The maximum absolute atomic E-state index is 12.3. The van der Waals surface area contributed by atoms with E-state index in [-0.39, 0.29) is 5.75 Å². The summed E-state index contributed by atoms with van der Waals surface area (Å²) in [4.78, 5) is 23.5. The van der Waals surface area contributed by atoms with Crippen LogP contribution in [-0.4, -0.2) is 32.2 Å². The van der Waals surface area contributed by atoms with Gasteiger partial charge in [-0.15, -0.1) is 0 Å². The lowest BCUT2D eigenvalue weighted by Crippen LogP contribution is -2.31. The molecular formula is C20H25NO4S. The number of fused-ring (bicyclic) bond motifs is 1. The summed E-state index contributed by atoms with van der Waals surface area (Å²) in [5.74, 6) is -1.84. The van der Waals surface area contributed by atoms with Crippen LogP contribution in [0, 0.1) is 0 Å². The van der Waals surface area contributed by atoms with E-state index in [1.54, 1.807) is 6.07 Å². The van der Waals surface area contributed by atoms with Gasteiger partial charge in [-0.3, -0.25) is 13.8 Å². The lowest BCUT2D eigenvalue weighted by atomic mass is 10.1. The zero-order chi connectivity index (χ0) is 18.9. The van der Waals surface area contributed by atoms with Gasteiger partial charge in [-0.2, -0.15) is 0 Å². The number of carboxylic acid groups (broad SMARTS) is 1. The average molecular weight is 375 g/mol. The fraction of sp³-hybridized carbons (Fsp3) is 0.400. The third-order valence-corrected chi connectivity index (χ3v) is 5.84. The molecule has 0 aliphatic heterocycles. The van der Waals surface area contributed by atoms with Gasteiger partial charge in [0.25, 0.3) is 0 Å². The van der Waals surface area contributed by atoms with Crippen molar-refractivity contribution < 1.29 is 18.9 Å². The average Bonchev–Trinajstić information content (AvgIpc) is 2.61. The van der Waals surface area contributed by atoms with Crippen LogP contribution in [0.15, 0.2) is 42.5 Å². The summed E-state index contributed by atoms with van der Waals surface area (Å²) >= 11 is 0. The van der Waals surface area contributed by atoms with Gasteiger partial charge in [0.15, 0.2) is 0 Å². The third-order valence-electron chi connectivity index (χ3n) is 4.22. The second kappa shape index (κ2) is 10.1. The number of rotatable bonds is 10. The lowest BCUT2D eigenvalue weighted by molar-refractivity contribution is -0.136. The second-order valence-electron chi connectivity index (χ2n) is 6.31. The maximum atomic E-state index is 12.3. The molecule has 2 N–H and O–H groups in total. The smallest absolute Gasteiger partial charge is 0.319 e. The van der Waals surface area contributed by atoms with Gasteiger partial charge in [-0.25, -0.2) is 0 Å². The van der Waals surface area contributed by atoms with Gasteiger partial charge in [-0.1, -0.05) is 62.9 Å². The fourth-order valence-corrected chi connectivity index (χ4v) is 4.00. The molecule has 0 aliphatic carbocycles. The van der Waals surface area contributed by atoms with Crippen LogP contribution in [0.1, 0.15) is 39.0 Å². The highest BCUT2D eigenvalue weighted by atomic mass is 32.2. The number of amides is 1. The van der Waals surface area contributed by atoms with Crippen LogP contribution in [0.3, 0.4) is 0 Å². The predicted octanol–water partition coefficient (Wildman–Crippen LogP) is 3.95. The molecule has 0 bridgehead atoms. The minimum absolute atomic E-state index is 0.308. The Bertz CT molecular complexity index is 790. The van der Waals surface area contributed by atoms with Crippen molar-refractivity contribution in [3.8, 4) is 0 Å². The minimum atomic E-state index is -1.74. The summed E-state index contributed by atoms with van der Waals surface area (Å²) < 4.78 is 12.3. The Kier molecular flexibility index (Phi) is 7.78. The van der Waals surface area contributed by atoms with E-state index in [2.05, 4.69) is 12.2 Å². The number of unbranched alkanes of at least 4 members (excludes halogenated alkanes) is 3. The Morgan fingerprint density at radius 3 is 2.50 bits per heavy atom. The van der Waals surface area contributed by atoms with Crippen molar-refractivity contribution >= 4 is 39.1 Å². The fourth-order valence-electron chi connectivity index (χ4n) is 2.82. The second-order valence-corrected chi connectivity index (χ2v) is 7.93. The summed E-state index contributed by atoms with van der Waals surface area (Å²) in [7, 11) is -1.74. The molecule has 5 nitrogen and oxygen atoms in total. The molecule has 2 aromatic rings. The molecule has 26 heavy (non-hydrogen) atoms. The van der Waals surface area contributed by atoms with Crippen LogP contribution in [0.5, 0.6) is 0 Å². The largest absolute Gasteiger partial charge is 0.480 e. The monoisotopic (exact) mass is 375 g/mol. The highest BCUT2D eigenvalue weighted by Crippen LogP contribution is 2.19. The number of benzene rings is 2. The summed E-state index contributed by atoms with van der Waals surface area (Å²) in [5, 5.41) is 13.1. The molecule has 0 saturated carbocycles. The van der Waals surface area contributed by atoms with Crippen LogP contribution in [-0.2, 0) is 20.4 Å². The molecule has 140 valence electrons. The van der Waals surface area contributed by atoms with Crippen molar-refractivity contribution in [3.05, 3.63) is 42.5 Å². The zero-order valence-corrected chi connectivity index (χ0v) is 15.8. The van der Waals surface area contributed by atoms with Crippen molar-refractivity contribution in [2.45, 2.75) is 44.3 Å². The molecule has 0 fully saturated rings. The molecular weight excluding hydrogens is 350 g/mol. The Morgan fingerprint density at radius 2 is 1.81 bits per heavy atom. The first-order valence-corrected chi connectivity index (χ1v) is 10.3. The zero-order valence-electron chi connectivity index (χ0n) is 14.9. The van der Waals surface area contributed by atoms with E-state index >= 15 is 0 Å². The molecule has 0 radical (unpaired) electrons. The van der Waals surface area contributed by atoms with Crippen molar-refractivity contribution in [2.75, 3.05) is 11.1 Å². The van der Waals surface area contributed by atoms with Crippen molar-refractivity contribution in [2.24, 2.45) is 0 Å². The highest BCUT2D eigenvalue weighted by molar-refractivity contribution is 7.87. The highest BCUT2D eigenvalue weighted by Gasteiger charge is 2.26. The molecule has 0 aliphatic rings. The quantitative estimate of drug-likeness (QED) is 0.616. The van der Waals surface area contributed by atoms with E-state index in [0.717, 1.165) is 30.0 Å². The van der Waals surface area contributed by atoms with Crippen LogP contribution in [0.2, 0.25) is 0 Å². The number of carbonyl (C=O) groups excluding carboxylic acids is 1. The molecule has 2 rings (SSSR count). The minimum Gasteiger partial charge on any atom is -0.480 e. The number of hydrogen-bond donors (Lipinski definition) is 2. The van der Waals surface area contributed by atoms with Crippen LogP contribution in [0.4, 0.5) is 5.69 Å². The van der Waals surface area contributed by atoms with Gasteiger partial charge in [0.05, 0.1) is 0 Å². The predicted molar refractivity (Wildman–Crippen MR) is 106 cm³/mol. The van der Waals surface area contributed by atoms with Crippen molar-refractivity contribution in [1.82, 2.24) is 0 Å². The van der Waals surface area contributed by atoms with E-state index in [1.165, 1.54) is 0 Å². The van der Waals surface area contributed by atoms with E-state index in [4.69, 9.17) is 0 Å². The van der Waals surface area contributed by atoms with Crippen molar-refractivity contribution in [1.29, 1.82) is 0 Å². The van der Waals surface area contributed by atoms with Gasteiger partial charge in [-0.05, 0) is 29.3 Å². The Labute approximate surface area is 156 Å². The van der Waals surface area contributed by atoms with Gasteiger partial charge in [0.2, 0.25) is 5.91 Å². The number of nitrogens with one attached hydrogen (secondary N) is 1. The summed E-state index contributed by atoms with van der Waals surface area (Å²) in [6.45, 7) is 2.07. The summed E-state index contributed by atoms with van der Waals surface area (Å²) in [5.41, 5.74) is 0.612. The molecule has 0 aromatic heterocycles. The lowest BCUT2D eigenvalue weighted by Gasteiger charge is -2.12. The number of aliphatic carboxylic acids is 1. The molecule has 0 spiro atoms. The molecule has 0 saturated heterocycles. The van der Waals surface area contributed by atoms with E-state index in [1.807, 2.05) is 36.4 Å². The molecule has 1 amide bonds. The van der Waals surface area contributed by atoms with Gasteiger partial charge in [0.1, 0.15) is 11.0 Å². The first-order valence-electron chi connectivity index (χ1n) is 8.90. The van der Waals surface area contributed by atoms with Crippen molar-refractivity contribution in [3.63, 3.8) is 0 Å². The molecule has 0 heterocycles. The standard InChI is InChI=1S/C20H25NO4S/c1-2-3-4-5-10-18(20(23)24)26(25)14-19(22)21-17-12-11-15-8-6-7-9-16(15)13-17/h6-9,11-13,18H,2-5,10,14H2,1H3,(H,21,22)(H,23,24). The molecule has 2 unspecified atom stereocenters. The molecule has 6 heteroatoms. The Balaban J connectivity index is 1.93. The number of carboxylic acids is 1. The number of carbonyl (C=O) groups is 2.